The number of halogens is 1. The Balaban J connectivity index is 0.00000200. The fraction of sp³-hybridized carbons (Fsp3) is 0.533. The van der Waals surface area contributed by atoms with Crippen LogP contribution < -0.4 is 5.73 Å². The third-order valence-corrected chi connectivity index (χ3v) is 3.66. The molecule has 0 radical (unpaired) electrons. The van der Waals surface area contributed by atoms with Crippen LogP contribution in [0.15, 0.2) is 30.3 Å². The summed E-state index contributed by atoms with van der Waals surface area (Å²) in [5, 5.41) is 0. The lowest BCUT2D eigenvalue weighted by Gasteiger charge is -2.19. The molecule has 4 nitrogen and oxygen atoms in total. The standard InChI is InChI=1S/C15H22N2O2.ClH/c1-19-11-12-7-8-17(10-12)15(18)9-14(16)13-5-3-2-4-6-13;/h2-6,12,14H,7-11,16H2,1H3;1H. The second-order valence-electron chi connectivity index (χ2n) is 5.17. The first-order chi connectivity index (χ1) is 9.20. The lowest BCUT2D eigenvalue weighted by molar-refractivity contribution is -0.130. The van der Waals surface area contributed by atoms with Crippen molar-refractivity contribution in [3.63, 3.8) is 0 Å². The number of carbonyl (C=O) groups excluding carboxylic acids is 1. The monoisotopic (exact) mass is 298 g/mol. The number of hydrogen-bond acceptors (Lipinski definition) is 3. The van der Waals surface area contributed by atoms with Crippen molar-refractivity contribution in [2.24, 2.45) is 11.7 Å². The van der Waals surface area contributed by atoms with E-state index in [4.69, 9.17) is 10.5 Å². The first-order valence-electron chi connectivity index (χ1n) is 6.78. The van der Waals surface area contributed by atoms with Crippen LogP contribution in [0.4, 0.5) is 0 Å². The molecule has 0 aliphatic carbocycles. The summed E-state index contributed by atoms with van der Waals surface area (Å²) < 4.78 is 5.14. The molecular weight excluding hydrogens is 276 g/mol. The molecule has 2 unspecified atom stereocenters. The first-order valence-corrected chi connectivity index (χ1v) is 6.78. The van der Waals surface area contributed by atoms with E-state index in [2.05, 4.69) is 0 Å². The number of benzene rings is 1. The van der Waals surface area contributed by atoms with Gasteiger partial charge in [-0.3, -0.25) is 4.79 Å². The summed E-state index contributed by atoms with van der Waals surface area (Å²) in [6, 6.07) is 9.57. The Morgan fingerprint density at radius 2 is 2.15 bits per heavy atom. The van der Waals surface area contributed by atoms with Crippen LogP contribution >= 0.6 is 12.4 Å². The second-order valence-corrected chi connectivity index (χ2v) is 5.17. The van der Waals surface area contributed by atoms with Gasteiger partial charge in [0, 0.05) is 38.6 Å². The Morgan fingerprint density at radius 1 is 1.45 bits per heavy atom. The zero-order chi connectivity index (χ0) is 13.7. The Hall–Kier alpha value is -1.10. The van der Waals surface area contributed by atoms with Gasteiger partial charge in [-0.1, -0.05) is 30.3 Å². The maximum atomic E-state index is 12.2. The molecule has 20 heavy (non-hydrogen) atoms. The van der Waals surface area contributed by atoms with E-state index in [1.807, 2.05) is 35.2 Å². The SMILES string of the molecule is COCC1CCN(C(=O)CC(N)c2ccccc2)C1.Cl. The fourth-order valence-electron chi connectivity index (χ4n) is 2.57. The molecule has 0 spiro atoms. The van der Waals surface area contributed by atoms with Gasteiger partial charge in [-0.15, -0.1) is 12.4 Å². The van der Waals surface area contributed by atoms with Gasteiger partial charge in [0.05, 0.1) is 6.61 Å². The molecule has 0 aromatic heterocycles. The lowest BCUT2D eigenvalue weighted by atomic mass is 10.0. The van der Waals surface area contributed by atoms with Gasteiger partial charge in [0.15, 0.2) is 0 Å². The van der Waals surface area contributed by atoms with Crippen LogP contribution in [0.5, 0.6) is 0 Å². The molecule has 1 aromatic carbocycles. The van der Waals surface area contributed by atoms with E-state index in [1.165, 1.54) is 0 Å². The van der Waals surface area contributed by atoms with Crippen LogP contribution in [-0.2, 0) is 9.53 Å². The summed E-state index contributed by atoms with van der Waals surface area (Å²) in [5.74, 6) is 0.622. The smallest absolute Gasteiger partial charge is 0.224 e. The van der Waals surface area contributed by atoms with Crippen LogP contribution in [0.25, 0.3) is 0 Å². The highest BCUT2D eigenvalue weighted by Crippen LogP contribution is 2.20. The molecule has 1 aliphatic rings. The molecule has 1 amide bonds. The first kappa shape index (κ1) is 17.0. The number of carbonyl (C=O) groups is 1. The Kier molecular flexibility index (Phi) is 6.99. The fourth-order valence-corrected chi connectivity index (χ4v) is 2.57. The average Bonchev–Trinajstić information content (AvgIpc) is 2.89. The zero-order valence-corrected chi connectivity index (χ0v) is 12.6. The zero-order valence-electron chi connectivity index (χ0n) is 11.8. The van der Waals surface area contributed by atoms with E-state index in [-0.39, 0.29) is 24.4 Å². The van der Waals surface area contributed by atoms with Gasteiger partial charge in [0.1, 0.15) is 0 Å². The number of nitrogens with zero attached hydrogens (tertiary/aromatic N) is 1. The second kappa shape index (κ2) is 8.25. The lowest BCUT2D eigenvalue weighted by Crippen LogP contribution is -2.31. The van der Waals surface area contributed by atoms with Crippen molar-refractivity contribution in [1.82, 2.24) is 4.90 Å². The van der Waals surface area contributed by atoms with Crippen LogP contribution in [-0.4, -0.2) is 37.6 Å². The Bertz CT molecular complexity index is 414. The van der Waals surface area contributed by atoms with Crippen LogP contribution in [0.1, 0.15) is 24.4 Å². The highest BCUT2D eigenvalue weighted by molar-refractivity contribution is 5.85. The van der Waals surface area contributed by atoms with E-state index in [0.717, 1.165) is 31.7 Å². The molecule has 0 bridgehead atoms. The summed E-state index contributed by atoms with van der Waals surface area (Å²) in [7, 11) is 1.70. The van der Waals surface area contributed by atoms with Gasteiger partial charge < -0.3 is 15.4 Å². The summed E-state index contributed by atoms with van der Waals surface area (Å²) in [4.78, 5) is 14.1. The number of ether oxygens (including phenoxy) is 1. The molecule has 1 aromatic rings. The molecule has 1 fully saturated rings. The van der Waals surface area contributed by atoms with E-state index in [1.54, 1.807) is 7.11 Å². The largest absolute Gasteiger partial charge is 0.384 e. The molecule has 1 aliphatic heterocycles. The summed E-state index contributed by atoms with van der Waals surface area (Å²) in [6.07, 6.45) is 1.41. The maximum Gasteiger partial charge on any atom is 0.224 e. The van der Waals surface area contributed by atoms with Crippen molar-refractivity contribution < 1.29 is 9.53 Å². The highest BCUT2D eigenvalue weighted by Gasteiger charge is 2.27. The number of methoxy groups -OCH3 is 1. The van der Waals surface area contributed by atoms with Gasteiger partial charge in [-0.25, -0.2) is 0 Å². The number of hydrogen-bond donors (Lipinski definition) is 1. The third kappa shape index (κ3) is 4.47. The molecule has 112 valence electrons. The quantitative estimate of drug-likeness (QED) is 0.904. The minimum absolute atomic E-state index is 0. The molecule has 1 saturated heterocycles. The number of nitrogens with two attached hydrogens (primary N) is 1. The molecule has 5 heteroatoms. The summed E-state index contributed by atoms with van der Waals surface area (Å²) in [5.41, 5.74) is 7.10. The van der Waals surface area contributed by atoms with Crippen molar-refractivity contribution in [2.45, 2.75) is 18.9 Å². The average molecular weight is 299 g/mol. The van der Waals surface area contributed by atoms with Crippen molar-refractivity contribution in [1.29, 1.82) is 0 Å². The minimum atomic E-state index is -0.213. The third-order valence-electron chi connectivity index (χ3n) is 3.66. The van der Waals surface area contributed by atoms with Crippen molar-refractivity contribution in [3.8, 4) is 0 Å². The van der Waals surface area contributed by atoms with Gasteiger partial charge in [0.25, 0.3) is 0 Å². The summed E-state index contributed by atoms with van der Waals surface area (Å²) >= 11 is 0. The van der Waals surface area contributed by atoms with Gasteiger partial charge >= 0.3 is 0 Å². The van der Waals surface area contributed by atoms with E-state index < -0.39 is 0 Å². The highest BCUT2D eigenvalue weighted by atomic mass is 35.5. The maximum absolute atomic E-state index is 12.2. The molecule has 2 atom stereocenters. The van der Waals surface area contributed by atoms with Crippen LogP contribution in [0.2, 0.25) is 0 Å². The van der Waals surface area contributed by atoms with Gasteiger partial charge in [-0.2, -0.15) is 0 Å². The number of amides is 1. The van der Waals surface area contributed by atoms with E-state index >= 15 is 0 Å². The van der Waals surface area contributed by atoms with E-state index in [0.29, 0.717) is 12.3 Å². The Labute approximate surface area is 126 Å². The molecule has 2 rings (SSSR count). The normalized spacial score (nSPS) is 19.5. The van der Waals surface area contributed by atoms with Crippen molar-refractivity contribution in [2.75, 3.05) is 26.8 Å². The number of rotatable bonds is 5. The Morgan fingerprint density at radius 3 is 2.80 bits per heavy atom. The predicted octanol–water partition coefficient (Wildman–Crippen LogP) is 1.99. The minimum Gasteiger partial charge on any atom is -0.384 e. The molecule has 2 N–H and O–H groups in total. The molecule has 1 heterocycles. The van der Waals surface area contributed by atoms with Gasteiger partial charge in [0.2, 0.25) is 5.91 Å². The molecular formula is C15H23ClN2O2. The van der Waals surface area contributed by atoms with Gasteiger partial charge in [-0.05, 0) is 12.0 Å². The van der Waals surface area contributed by atoms with E-state index in [9.17, 15) is 4.79 Å². The number of likely N-dealkylation sites (tertiary alicyclic amines) is 1. The van der Waals surface area contributed by atoms with Crippen molar-refractivity contribution >= 4 is 18.3 Å². The van der Waals surface area contributed by atoms with Crippen LogP contribution in [0, 0.1) is 5.92 Å². The predicted molar refractivity (Wildman–Crippen MR) is 81.8 cm³/mol. The molecule has 0 saturated carbocycles. The van der Waals surface area contributed by atoms with Crippen molar-refractivity contribution in [3.05, 3.63) is 35.9 Å². The topological polar surface area (TPSA) is 55.6 Å². The summed E-state index contributed by atoms with van der Waals surface area (Å²) in [6.45, 7) is 2.36. The van der Waals surface area contributed by atoms with Crippen LogP contribution in [0.3, 0.4) is 0 Å².